The van der Waals surface area contributed by atoms with Crippen LogP contribution in [0.1, 0.15) is 84.9 Å². The smallest absolute Gasteiger partial charge is 0.335 e. The minimum atomic E-state index is -0.996. The van der Waals surface area contributed by atoms with E-state index < -0.39 is 11.9 Å². The fraction of sp³-hybridized carbons (Fsp3) is 0.500. The Morgan fingerprint density at radius 1 is 0.655 bits per heavy atom. The number of nitrogens with one attached hydrogen (secondary N) is 1. The van der Waals surface area contributed by atoms with Gasteiger partial charge in [0.25, 0.3) is 0 Å². The van der Waals surface area contributed by atoms with Crippen molar-refractivity contribution in [1.29, 1.82) is 0 Å². The number of carbonyl (C=O) groups is 2. The summed E-state index contributed by atoms with van der Waals surface area (Å²) in [5.74, 6) is -1.99. The van der Waals surface area contributed by atoms with Crippen molar-refractivity contribution in [1.82, 2.24) is 5.32 Å². The monoisotopic (exact) mass is 397 g/mol. The third kappa shape index (κ3) is 6.29. The molecule has 2 fully saturated rings. The van der Waals surface area contributed by atoms with Crippen LogP contribution in [0.25, 0.3) is 10.8 Å². The number of hydrogen-bond donors (Lipinski definition) is 3. The molecule has 0 aromatic heterocycles. The second kappa shape index (κ2) is 10.4. The SMILES string of the molecule is C1CCC(NC2CCCCC2)CC1.O=C(O)c1ccc2cc(C(=O)O)ccc2c1. The van der Waals surface area contributed by atoms with Gasteiger partial charge in [0.05, 0.1) is 11.1 Å². The minimum absolute atomic E-state index is 0.190. The van der Waals surface area contributed by atoms with Gasteiger partial charge in [0.15, 0.2) is 0 Å². The molecule has 0 spiro atoms. The first-order valence-electron chi connectivity index (χ1n) is 10.8. The summed E-state index contributed by atoms with van der Waals surface area (Å²) in [5, 5.41) is 22.9. The lowest BCUT2D eigenvalue weighted by Gasteiger charge is -2.30. The van der Waals surface area contributed by atoms with Crippen LogP contribution >= 0.6 is 0 Å². The predicted molar refractivity (Wildman–Crippen MR) is 115 cm³/mol. The molecule has 0 amide bonds. The Balaban J connectivity index is 0.000000169. The maximum atomic E-state index is 10.7. The molecule has 5 nitrogen and oxygen atoms in total. The molecule has 4 rings (SSSR count). The zero-order valence-electron chi connectivity index (χ0n) is 16.9. The lowest BCUT2D eigenvalue weighted by molar-refractivity contribution is 0.0686. The van der Waals surface area contributed by atoms with Gasteiger partial charge in [-0.3, -0.25) is 0 Å². The molecule has 2 aliphatic carbocycles. The second-order valence-electron chi connectivity index (χ2n) is 8.22. The van der Waals surface area contributed by atoms with E-state index in [1.165, 1.54) is 88.5 Å². The Kier molecular flexibility index (Phi) is 7.64. The highest BCUT2D eigenvalue weighted by Crippen LogP contribution is 2.22. The fourth-order valence-electron chi connectivity index (χ4n) is 4.38. The molecule has 156 valence electrons. The molecule has 2 aliphatic rings. The molecule has 0 bridgehead atoms. The van der Waals surface area contributed by atoms with Gasteiger partial charge in [0, 0.05) is 12.1 Å². The predicted octanol–water partition coefficient (Wildman–Crippen LogP) is 5.48. The van der Waals surface area contributed by atoms with Crippen LogP contribution in [0.4, 0.5) is 0 Å². The van der Waals surface area contributed by atoms with Crippen molar-refractivity contribution < 1.29 is 19.8 Å². The summed E-state index contributed by atoms with van der Waals surface area (Å²) < 4.78 is 0. The van der Waals surface area contributed by atoms with Crippen LogP contribution in [-0.4, -0.2) is 34.2 Å². The standard InChI is InChI=1S/C12H23N.C12H8O4/c1-3-7-11(8-4-1)13-12-9-5-2-6-10-12;13-11(14)9-3-1-7-5-10(12(15)16)4-2-8(7)6-9/h11-13H,1-10H2;1-6H,(H,13,14)(H,15,16). The van der Waals surface area contributed by atoms with Crippen LogP contribution in [0, 0.1) is 0 Å². The van der Waals surface area contributed by atoms with E-state index in [0.717, 1.165) is 12.1 Å². The van der Waals surface area contributed by atoms with Crippen molar-refractivity contribution in [3.63, 3.8) is 0 Å². The van der Waals surface area contributed by atoms with E-state index in [4.69, 9.17) is 10.2 Å². The van der Waals surface area contributed by atoms with Gasteiger partial charge in [-0.1, -0.05) is 50.7 Å². The van der Waals surface area contributed by atoms with Crippen LogP contribution in [0.5, 0.6) is 0 Å². The van der Waals surface area contributed by atoms with Crippen molar-refractivity contribution in [2.24, 2.45) is 0 Å². The van der Waals surface area contributed by atoms with Crippen molar-refractivity contribution >= 4 is 22.7 Å². The van der Waals surface area contributed by atoms with Gasteiger partial charge in [0.1, 0.15) is 0 Å². The molecule has 3 N–H and O–H groups in total. The normalized spacial score (nSPS) is 18.1. The number of carboxylic acids is 2. The number of benzene rings is 2. The van der Waals surface area contributed by atoms with Crippen molar-refractivity contribution in [3.05, 3.63) is 47.5 Å². The van der Waals surface area contributed by atoms with Crippen LogP contribution in [0.15, 0.2) is 36.4 Å². The molecular weight excluding hydrogens is 366 g/mol. The average Bonchev–Trinajstić information content (AvgIpc) is 2.75. The van der Waals surface area contributed by atoms with Gasteiger partial charge in [-0.15, -0.1) is 0 Å². The lowest BCUT2D eigenvalue weighted by atomic mass is 9.91. The highest BCUT2D eigenvalue weighted by atomic mass is 16.4. The Labute approximate surface area is 172 Å². The zero-order valence-corrected chi connectivity index (χ0v) is 16.9. The summed E-state index contributed by atoms with van der Waals surface area (Å²) in [4.78, 5) is 21.5. The van der Waals surface area contributed by atoms with Crippen LogP contribution in [0.2, 0.25) is 0 Å². The molecule has 0 heterocycles. The Morgan fingerprint density at radius 2 is 1.03 bits per heavy atom. The van der Waals surface area contributed by atoms with E-state index in [1.54, 1.807) is 12.1 Å². The molecule has 0 radical (unpaired) electrons. The van der Waals surface area contributed by atoms with Gasteiger partial charge >= 0.3 is 11.9 Å². The topological polar surface area (TPSA) is 86.6 Å². The third-order valence-electron chi connectivity index (χ3n) is 6.02. The summed E-state index contributed by atoms with van der Waals surface area (Å²) in [6.45, 7) is 0. The zero-order chi connectivity index (χ0) is 20.6. The summed E-state index contributed by atoms with van der Waals surface area (Å²) >= 11 is 0. The average molecular weight is 398 g/mol. The number of aromatic carboxylic acids is 2. The molecule has 5 heteroatoms. The molecule has 0 saturated heterocycles. The molecule has 2 saturated carbocycles. The minimum Gasteiger partial charge on any atom is -0.478 e. The van der Waals surface area contributed by atoms with Gasteiger partial charge in [0.2, 0.25) is 0 Å². The summed E-state index contributed by atoms with van der Waals surface area (Å²) in [6.07, 6.45) is 14.6. The Hall–Kier alpha value is -2.40. The first kappa shape index (κ1) is 21.3. The van der Waals surface area contributed by atoms with E-state index in [1.807, 2.05) is 0 Å². The Bertz CT molecular complexity index is 767. The van der Waals surface area contributed by atoms with E-state index in [-0.39, 0.29) is 11.1 Å². The third-order valence-corrected chi connectivity index (χ3v) is 6.02. The van der Waals surface area contributed by atoms with Crippen LogP contribution in [0.3, 0.4) is 0 Å². The van der Waals surface area contributed by atoms with E-state index >= 15 is 0 Å². The van der Waals surface area contributed by atoms with Crippen LogP contribution in [-0.2, 0) is 0 Å². The van der Waals surface area contributed by atoms with E-state index in [0.29, 0.717) is 10.8 Å². The molecule has 0 aliphatic heterocycles. The largest absolute Gasteiger partial charge is 0.478 e. The quantitative estimate of drug-likeness (QED) is 0.636. The van der Waals surface area contributed by atoms with Gasteiger partial charge in [-0.25, -0.2) is 9.59 Å². The molecule has 29 heavy (non-hydrogen) atoms. The number of hydrogen-bond acceptors (Lipinski definition) is 3. The van der Waals surface area contributed by atoms with Crippen molar-refractivity contribution in [2.75, 3.05) is 0 Å². The highest BCUT2D eigenvalue weighted by Gasteiger charge is 2.19. The molecule has 0 unspecified atom stereocenters. The Morgan fingerprint density at radius 3 is 1.38 bits per heavy atom. The van der Waals surface area contributed by atoms with E-state index in [9.17, 15) is 9.59 Å². The van der Waals surface area contributed by atoms with Crippen LogP contribution < -0.4 is 5.32 Å². The second-order valence-corrected chi connectivity index (χ2v) is 8.22. The van der Waals surface area contributed by atoms with Gasteiger partial charge < -0.3 is 15.5 Å². The first-order valence-corrected chi connectivity index (χ1v) is 10.8. The molecule has 2 aromatic carbocycles. The maximum Gasteiger partial charge on any atom is 0.335 e. The molecular formula is C24H31NO4. The van der Waals surface area contributed by atoms with Crippen molar-refractivity contribution in [2.45, 2.75) is 76.3 Å². The van der Waals surface area contributed by atoms with Gasteiger partial charge in [-0.2, -0.15) is 0 Å². The highest BCUT2D eigenvalue weighted by molar-refractivity contribution is 5.97. The number of carboxylic acid groups (broad SMARTS) is 2. The molecule has 2 aromatic rings. The summed E-state index contributed by atoms with van der Waals surface area (Å²) in [7, 11) is 0. The summed E-state index contributed by atoms with van der Waals surface area (Å²) in [6, 6.07) is 10.9. The van der Waals surface area contributed by atoms with Crippen molar-refractivity contribution in [3.8, 4) is 0 Å². The first-order chi connectivity index (χ1) is 14.0. The fourth-order valence-corrected chi connectivity index (χ4v) is 4.38. The van der Waals surface area contributed by atoms with E-state index in [2.05, 4.69) is 5.32 Å². The number of fused-ring (bicyclic) bond motifs is 1. The molecule has 0 atom stereocenters. The summed E-state index contributed by atoms with van der Waals surface area (Å²) in [5.41, 5.74) is 0.381. The van der Waals surface area contributed by atoms with Gasteiger partial charge in [-0.05, 0) is 60.7 Å². The number of rotatable bonds is 4. The lowest BCUT2D eigenvalue weighted by Crippen LogP contribution is -2.40. The maximum absolute atomic E-state index is 10.7.